The monoisotopic (exact) mass is 249 g/mol. The Labute approximate surface area is 107 Å². The largest absolute Gasteiger partial charge is 0.497 e. The number of anilines is 1. The van der Waals surface area contributed by atoms with Gasteiger partial charge in [0.05, 0.1) is 12.5 Å². The molecule has 18 heavy (non-hydrogen) atoms. The molecule has 1 aliphatic rings. The molecule has 1 aromatic rings. The first-order chi connectivity index (χ1) is 8.60. The number of carbonyl (C=O) groups is 1. The summed E-state index contributed by atoms with van der Waals surface area (Å²) in [6.07, 6.45) is 4.27. The number of carboxylic acid groups (broad SMARTS) is 1. The van der Waals surface area contributed by atoms with Crippen LogP contribution in [0.25, 0.3) is 0 Å². The molecule has 3 N–H and O–H groups in total. The standard InChI is InChI=1S/C14H19NO3/c1-18-10-5-6-12(15)11(9-10)14(13(16)17)7-3-2-4-8-14/h5-6,9H,2-4,7-8,15H2,1H3,(H,16,17). The van der Waals surface area contributed by atoms with Gasteiger partial charge in [-0.3, -0.25) is 4.79 Å². The lowest BCUT2D eigenvalue weighted by Crippen LogP contribution is -2.38. The molecule has 0 spiro atoms. The molecule has 4 heteroatoms. The van der Waals surface area contributed by atoms with Crippen molar-refractivity contribution in [3.8, 4) is 5.75 Å². The lowest BCUT2D eigenvalue weighted by molar-refractivity contribution is -0.145. The Balaban J connectivity index is 2.51. The fourth-order valence-electron chi connectivity index (χ4n) is 2.83. The second-order valence-electron chi connectivity index (χ2n) is 4.90. The van der Waals surface area contributed by atoms with Gasteiger partial charge in [-0.2, -0.15) is 0 Å². The molecule has 0 bridgehead atoms. The fraction of sp³-hybridized carbons (Fsp3) is 0.500. The zero-order chi connectivity index (χ0) is 13.2. The van der Waals surface area contributed by atoms with Gasteiger partial charge in [-0.1, -0.05) is 19.3 Å². The van der Waals surface area contributed by atoms with Crippen LogP contribution in [0.3, 0.4) is 0 Å². The fourth-order valence-corrected chi connectivity index (χ4v) is 2.83. The van der Waals surface area contributed by atoms with E-state index in [-0.39, 0.29) is 0 Å². The van der Waals surface area contributed by atoms with E-state index >= 15 is 0 Å². The van der Waals surface area contributed by atoms with Gasteiger partial charge in [0.15, 0.2) is 0 Å². The summed E-state index contributed by atoms with van der Waals surface area (Å²) >= 11 is 0. The zero-order valence-electron chi connectivity index (χ0n) is 10.6. The van der Waals surface area contributed by atoms with Crippen molar-refractivity contribution in [3.63, 3.8) is 0 Å². The summed E-state index contributed by atoms with van der Waals surface area (Å²) in [5.74, 6) is -0.118. The number of benzene rings is 1. The number of ether oxygens (including phenoxy) is 1. The van der Waals surface area contributed by atoms with Crippen molar-refractivity contribution in [1.82, 2.24) is 0 Å². The summed E-state index contributed by atoms with van der Waals surface area (Å²) in [5, 5.41) is 9.63. The van der Waals surface area contributed by atoms with E-state index < -0.39 is 11.4 Å². The molecule has 0 radical (unpaired) electrons. The summed E-state index contributed by atoms with van der Waals surface area (Å²) in [6.45, 7) is 0. The molecular formula is C14H19NO3. The second kappa shape index (κ2) is 4.88. The highest BCUT2D eigenvalue weighted by molar-refractivity contribution is 5.84. The van der Waals surface area contributed by atoms with Gasteiger partial charge < -0.3 is 15.6 Å². The molecule has 0 saturated heterocycles. The van der Waals surface area contributed by atoms with Crippen LogP contribution >= 0.6 is 0 Å². The van der Waals surface area contributed by atoms with Gasteiger partial charge in [-0.05, 0) is 36.6 Å². The number of nitrogen functional groups attached to an aromatic ring is 1. The molecule has 0 amide bonds. The average Bonchev–Trinajstić information content (AvgIpc) is 2.40. The van der Waals surface area contributed by atoms with E-state index in [1.165, 1.54) is 0 Å². The van der Waals surface area contributed by atoms with Crippen molar-refractivity contribution < 1.29 is 14.6 Å². The predicted octanol–water partition coefficient (Wildman–Crippen LogP) is 2.56. The second-order valence-corrected chi connectivity index (χ2v) is 4.90. The minimum absolute atomic E-state index is 0.542. The average molecular weight is 249 g/mol. The van der Waals surface area contributed by atoms with Crippen LogP contribution < -0.4 is 10.5 Å². The summed E-state index contributed by atoms with van der Waals surface area (Å²) in [5.41, 5.74) is 6.39. The number of rotatable bonds is 3. The number of aliphatic carboxylic acids is 1. The predicted molar refractivity (Wildman–Crippen MR) is 69.8 cm³/mol. The van der Waals surface area contributed by atoms with Crippen LogP contribution in [0.2, 0.25) is 0 Å². The first-order valence-electron chi connectivity index (χ1n) is 6.27. The highest BCUT2D eigenvalue weighted by Crippen LogP contribution is 2.43. The molecule has 1 aromatic carbocycles. The summed E-state index contributed by atoms with van der Waals surface area (Å²) < 4.78 is 5.18. The molecule has 0 heterocycles. The Morgan fingerprint density at radius 2 is 2.00 bits per heavy atom. The van der Waals surface area contributed by atoms with Crippen LogP contribution in [0.15, 0.2) is 18.2 Å². The van der Waals surface area contributed by atoms with Crippen molar-refractivity contribution in [3.05, 3.63) is 23.8 Å². The van der Waals surface area contributed by atoms with Gasteiger partial charge in [0, 0.05) is 5.69 Å². The maximum atomic E-state index is 11.7. The van der Waals surface area contributed by atoms with Gasteiger partial charge in [0.2, 0.25) is 0 Å². The van der Waals surface area contributed by atoms with Crippen LogP contribution in [-0.2, 0) is 10.2 Å². The van der Waals surface area contributed by atoms with Crippen LogP contribution in [0.1, 0.15) is 37.7 Å². The molecule has 2 rings (SSSR count). The third-order valence-electron chi connectivity index (χ3n) is 3.89. The molecule has 1 aliphatic carbocycles. The Morgan fingerprint density at radius 1 is 1.33 bits per heavy atom. The van der Waals surface area contributed by atoms with Crippen molar-refractivity contribution in [2.24, 2.45) is 0 Å². The van der Waals surface area contributed by atoms with Crippen LogP contribution in [0.4, 0.5) is 5.69 Å². The molecule has 1 saturated carbocycles. The molecule has 4 nitrogen and oxygen atoms in total. The molecular weight excluding hydrogens is 230 g/mol. The van der Waals surface area contributed by atoms with Crippen molar-refractivity contribution in [2.45, 2.75) is 37.5 Å². The van der Waals surface area contributed by atoms with Crippen molar-refractivity contribution >= 4 is 11.7 Å². The van der Waals surface area contributed by atoms with E-state index in [0.29, 0.717) is 29.8 Å². The third-order valence-corrected chi connectivity index (χ3v) is 3.89. The van der Waals surface area contributed by atoms with E-state index in [1.54, 1.807) is 25.3 Å². The van der Waals surface area contributed by atoms with Gasteiger partial charge in [-0.15, -0.1) is 0 Å². The molecule has 98 valence electrons. The van der Waals surface area contributed by atoms with Crippen LogP contribution in [0, 0.1) is 0 Å². The third kappa shape index (κ3) is 2.03. The highest BCUT2D eigenvalue weighted by atomic mass is 16.5. The Kier molecular flexibility index (Phi) is 3.45. The molecule has 0 aromatic heterocycles. The van der Waals surface area contributed by atoms with Gasteiger partial charge in [0.1, 0.15) is 5.75 Å². The number of hydrogen-bond donors (Lipinski definition) is 2. The Bertz CT molecular complexity index is 450. The normalized spacial score (nSPS) is 18.3. The summed E-state index contributed by atoms with van der Waals surface area (Å²) in [4.78, 5) is 11.7. The van der Waals surface area contributed by atoms with Crippen molar-refractivity contribution in [2.75, 3.05) is 12.8 Å². The van der Waals surface area contributed by atoms with Crippen LogP contribution in [0.5, 0.6) is 5.75 Å². The maximum Gasteiger partial charge on any atom is 0.314 e. The lowest BCUT2D eigenvalue weighted by Gasteiger charge is -2.34. The minimum atomic E-state index is -0.836. The van der Waals surface area contributed by atoms with E-state index in [2.05, 4.69) is 0 Å². The first kappa shape index (κ1) is 12.7. The Morgan fingerprint density at radius 3 is 2.56 bits per heavy atom. The van der Waals surface area contributed by atoms with E-state index in [4.69, 9.17) is 10.5 Å². The molecule has 0 unspecified atom stereocenters. The number of carboxylic acids is 1. The smallest absolute Gasteiger partial charge is 0.314 e. The van der Waals surface area contributed by atoms with Crippen molar-refractivity contribution in [1.29, 1.82) is 0 Å². The van der Waals surface area contributed by atoms with E-state index in [9.17, 15) is 9.90 Å². The van der Waals surface area contributed by atoms with Gasteiger partial charge >= 0.3 is 5.97 Å². The number of hydrogen-bond acceptors (Lipinski definition) is 3. The number of methoxy groups -OCH3 is 1. The molecule has 0 aliphatic heterocycles. The number of nitrogens with two attached hydrogens (primary N) is 1. The van der Waals surface area contributed by atoms with E-state index in [1.807, 2.05) is 0 Å². The van der Waals surface area contributed by atoms with E-state index in [0.717, 1.165) is 19.3 Å². The quantitative estimate of drug-likeness (QED) is 0.807. The summed E-state index contributed by atoms with van der Waals surface area (Å²) in [7, 11) is 1.57. The summed E-state index contributed by atoms with van der Waals surface area (Å²) in [6, 6.07) is 5.26. The maximum absolute atomic E-state index is 11.7. The zero-order valence-corrected chi connectivity index (χ0v) is 10.6. The van der Waals surface area contributed by atoms with Crippen LogP contribution in [-0.4, -0.2) is 18.2 Å². The first-order valence-corrected chi connectivity index (χ1v) is 6.27. The topological polar surface area (TPSA) is 72.5 Å². The minimum Gasteiger partial charge on any atom is -0.497 e. The Hall–Kier alpha value is -1.71. The molecule has 0 atom stereocenters. The lowest BCUT2D eigenvalue weighted by atomic mass is 9.69. The SMILES string of the molecule is COc1ccc(N)c(C2(C(=O)O)CCCCC2)c1. The van der Waals surface area contributed by atoms with Gasteiger partial charge in [0.25, 0.3) is 0 Å². The molecule has 1 fully saturated rings. The highest BCUT2D eigenvalue weighted by Gasteiger charge is 2.42. The van der Waals surface area contributed by atoms with Gasteiger partial charge in [-0.25, -0.2) is 0 Å².